The maximum Gasteiger partial charge on any atom is 0.139 e. The Morgan fingerprint density at radius 2 is 2.11 bits per heavy atom. The molecule has 0 saturated heterocycles. The zero-order valence-corrected chi connectivity index (χ0v) is 11.0. The number of nitrogens with one attached hydrogen (secondary N) is 1. The van der Waals surface area contributed by atoms with Crippen molar-refractivity contribution in [2.45, 2.75) is 6.42 Å². The Bertz CT molecular complexity index is 501. The number of hydrogen-bond donors (Lipinski definition) is 2. The number of nitrogens with two attached hydrogens (primary N) is 1. The first-order valence-electron chi connectivity index (χ1n) is 6.22. The van der Waals surface area contributed by atoms with Crippen LogP contribution in [0.15, 0.2) is 36.8 Å². The van der Waals surface area contributed by atoms with E-state index in [0.29, 0.717) is 6.54 Å². The Labute approximate surface area is 112 Å². The Balaban J connectivity index is 2.10. The fourth-order valence-electron chi connectivity index (χ4n) is 1.62. The van der Waals surface area contributed by atoms with Gasteiger partial charge in [-0.25, -0.2) is 15.0 Å². The van der Waals surface area contributed by atoms with Crippen LogP contribution < -0.4 is 16.0 Å². The summed E-state index contributed by atoms with van der Waals surface area (Å²) >= 11 is 0. The molecule has 6 nitrogen and oxygen atoms in total. The van der Waals surface area contributed by atoms with Gasteiger partial charge in [0, 0.05) is 25.9 Å². The van der Waals surface area contributed by atoms with Crippen molar-refractivity contribution >= 4 is 17.5 Å². The van der Waals surface area contributed by atoms with Crippen LogP contribution in [0.3, 0.4) is 0 Å². The van der Waals surface area contributed by atoms with Gasteiger partial charge in [0.25, 0.3) is 0 Å². The van der Waals surface area contributed by atoms with Crippen LogP contribution in [0.1, 0.15) is 6.42 Å². The molecule has 0 saturated carbocycles. The van der Waals surface area contributed by atoms with Gasteiger partial charge in [-0.05, 0) is 25.1 Å². The van der Waals surface area contributed by atoms with E-state index in [1.165, 1.54) is 0 Å². The minimum atomic E-state index is 0.665. The van der Waals surface area contributed by atoms with Crippen LogP contribution in [-0.4, -0.2) is 35.1 Å². The van der Waals surface area contributed by atoms with Crippen LogP contribution in [-0.2, 0) is 0 Å². The SMILES string of the molecule is CN(c1ccccn1)c1cc(NCCCN)ncn1. The van der Waals surface area contributed by atoms with Gasteiger partial charge < -0.3 is 16.0 Å². The zero-order chi connectivity index (χ0) is 13.5. The van der Waals surface area contributed by atoms with Gasteiger partial charge in [0.2, 0.25) is 0 Å². The zero-order valence-electron chi connectivity index (χ0n) is 11.0. The monoisotopic (exact) mass is 258 g/mol. The summed E-state index contributed by atoms with van der Waals surface area (Å²) in [6.45, 7) is 1.47. The fourth-order valence-corrected chi connectivity index (χ4v) is 1.62. The second-order valence-corrected chi connectivity index (χ2v) is 4.08. The summed E-state index contributed by atoms with van der Waals surface area (Å²) in [5.41, 5.74) is 5.46. The molecule has 0 radical (unpaired) electrons. The summed E-state index contributed by atoms with van der Waals surface area (Å²) in [6.07, 6.45) is 4.21. The second-order valence-electron chi connectivity index (χ2n) is 4.08. The third-order valence-electron chi connectivity index (χ3n) is 2.68. The number of hydrogen-bond acceptors (Lipinski definition) is 6. The minimum Gasteiger partial charge on any atom is -0.370 e. The van der Waals surface area contributed by atoms with Gasteiger partial charge >= 0.3 is 0 Å². The van der Waals surface area contributed by atoms with Crippen LogP contribution in [0.25, 0.3) is 0 Å². The quantitative estimate of drug-likeness (QED) is 0.762. The summed E-state index contributed by atoms with van der Waals surface area (Å²) in [6, 6.07) is 7.66. The van der Waals surface area contributed by atoms with E-state index in [1.54, 1.807) is 12.5 Å². The lowest BCUT2D eigenvalue weighted by atomic mass is 10.4. The highest BCUT2D eigenvalue weighted by atomic mass is 15.2. The van der Waals surface area contributed by atoms with Crippen LogP contribution >= 0.6 is 0 Å². The van der Waals surface area contributed by atoms with E-state index in [0.717, 1.165) is 30.4 Å². The van der Waals surface area contributed by atoms with Crippen molar-refractivity contribution in [1.29, 1.82) is 0 Å². The van der Waals surface area contributed by atoms with Gasteiger partial charge in [-0.1, -0.05) is 6.07 Å². The predicted octanol–water partition coefficient (Wildman–Crippen LogP) is 1.40. The lowest BCUT2D eigenvalue weighted by Crippen LogP contribution is -2.14. The maximum absolute atomic E-state index is 5.46. The third-order valence-corrected chi connectivity index (χ3v) is 2.68. The van der Waals surface area contributed by atoms with Crippen LogP contribution in [0, 0.1) is 0 Å². The number of anilines is 3. The van der Waals surface area contributed by atoms with Crippen LogP contribution in [0.5, 0.6) is 0 Å². The van der Waals surface area contributed by atoms with E-state index >= 15 is 0 Å². The summed E-state index contributed by atoms with van der Waals surface area (Å²) in [4.78, 5) is 14.6. The highest BCUT2D eigenvalue weighted by molar-refractivity contribution is 5.57. The molecule has 3 N–H and O–H groups in total. The summed E-state index contributed by atoms with van der Waals surface area (Å²) in [5.74, 6) is 2.43. The van der Waals surface area contributed by atoms with E-state index in [4.69, 9.17) is 5.73 Å². The minimum absolute atomic E-state index is 0.665. The molecule has 2 rings (SSSR count). The predicted molar refractivity (Wildman–Crippen MR) is 76.5 cm³/mol. The van der Waals surface area contributed by atoms with Crippen molar-refractivity contribution in [3.63, 3.8) is 0 Å². The molecule has 0 amide bonds. The Morgan fingerprint density at radius 1 is 1.21 bits per heavy atom. The van der Waals surface area contributed by atoms with Gasteiger partial charge in [0.05, 0.1) is 0 Å². The summed E-state index contributed by atoms with van der Waals surface area (Å²) in [7, 11) is 1.92. The molecule has 19 heavy (non-hydrogen) atoms. The molecule has 0 spiro atoms. The first kappa shape index (κ1) is 13.2. The molecule has 2 aromatic heterocycles. The van der Waals surface area contributed by atoms with E-state index in [-0.39, 0.29) is 0 Å². The van der Waals surface area contributed by atoms with Gasteiger partial charge in [-0.3, -0.25) is 0 Å². The molecule has 100 valence electrons. The number of nitrogens with zero attached hydrogens (tertiary/aromatic N) is 4. The molecular formula is C13H18N6. The average molecular weight is 258 g/mol. The molecule has 0 bridgehead atoms. The topological polar surface area (TPSA) is 80.0 Å². The van der Waals surface area contributed by atoms with Crippen LogP contribution in [0.4, 0.5) is 17.5 Å². The summed E-state index contributed by atoms with van der Waals surface area (Å²) in [5, 5.41) is 3.21. The molecule has 0 aliphatic carbocycles. The lowest BCUT2D eigenvalue weighted by molar-refractivity contribution is 0.868. The van der Waals surface area contributed by atoms with Crippen molar-refractivity contribution in [3.05, 3.63) is 36.8 Å². The molecule has 0 aromatic carbocycles. The molecule has 0 fully saturated rings. The normalized spacial score (nSPS) is 10.2. The van der Waals surface area contributed by atoms with Gasteiger partial charge in [-0.15, -0.1) is 0 Å². The molecule has 2 heterocycles. The summed E-state index contributed by atoms with van der Waals surface area (Å²) < 4.78 is 0. The number of rotatable bonds is 6. The van der Waals surface area contributed by atoms with E-state index < -0.39 is 0 Å². The molecule has 0 unspecified atom stereocenters. The van der Waals surface area contributed by atoms with Crippen molar-refractivity contribution in [2.75, 3.05) is 30.4 Å². The molecule has 2 aromatic rings. The number of pyridine rings is 1. The number of aromatic nitrogens is 3. The average Bonchev–Trinajstić information content (AvgIpc) is 2.48. The molecule has 0 aliphatic heterocycles. The highest BCUT2D eigenvalue weighted by Crippen LogP contribution is 2.20. The third kappa shape index (κ3) is 3.62. The van der Waals surface area contributed by atoms with E-state index in [2.05, 4.69) is 20.3 Å². The standard InChI is InChI=1S/C13H18N6/c1-19(12-5-2-3-7-16-12)13-9-11(17-10-18-13)15-8-4-6-14/h2-3,5,7,9-10H,4,6,8,14H2,1H3,(H,15,17,18). The first-order chi connectivity index (χ1) is 9.31. The van der Waals surface area contributed by atoms with Gasteiger partial charge in [0.15, 0.2) is 0 Å². The molecule has 0 atom stereocenters. The Morgan fingerprint density at radius 3 is 2.84 bits per heavy atom. The van der Waals surface area contributed by atoms with Gasteiger partial charge in [0.1, 0.15) is 23.8 Å². The maximum atomic E-state index is 5.46. The first-order valence-corrected chi connectivity index (χ1v) is 6.22. The van der Waals surface area contributed by atoms with Crippen molar-refractivity contribution in [1.82, 2.24) is 15.0 Å². The molecule has 6 heteroatoms. The largest absolute Gasteiger partial charge is 0.370 e. The fraction of sp³-hybridized carbons (Fsp3) is 0.308. The lowest BCUT2D eigenvalue weighted by Gasteiger charge is -2.17. The van der Waals surface area contributed by atoms with Crippen molar-refractivity contribution < 1.29 is 0 Å². The highest BCUT2D eigenvalue weighted by Gasteiger charge is 2.07. The van der Waals surface area contributed by atoms with E-state index in [9.17, 15) is 0 Å². The molecule has 0 aliphatic rings. The van der Waals surface area contributed by atoms with E-state index in [1.807, 2.05) is 36.2 Å². The van der Waals surface area contributed by atoms with Crippen molar-refractivity contribution in [3.8, 4) is 0 Å². The Kier molecular flexibility index (Phi) is 4.63. The van der Waals surface area contributed by atoms with Crippen LogP contribution in [0.2, 0.25) is 0 Å². The smallest absolute Gasteiger partial charge is 0.139 e. The van der Waals surface area contributed by atoms with Crippen molar-refractivity contribution in [2.24, 2.45) is 5.73 Å². The Hall–Kier alpha value is -2.21. The molecular weight excluding hydrogens is 240 g/mol. The second kappa shape index (κ2) is 6.65. The van der Waals surface area contributed by atoms with Gasteiger partial charge in [-0.2, -0.15) is 0 Å².